The van der Waals surface area contributed by atoms with E-state index in [-0.39, 0.29) is 23.9 Å². The Morgan fingerprint density at radius 3 is 2.93 bits per heavy atom. The van der Waals surface area contributed by atoms with Crippen molar-refractivity contribution in [3.05, 3.63) is 53.7 Å². The molecule has 1 aromatic heterocycles. The second-order valence-corrected chi connectivity index (χ2v) is 7.29. The highest BCUT2D eigenvalue weighted by atomic mass is 16.5. The van der Waals surface area contributed by atoms with E-state index in [1.807, 2.05) is 43.3 Å². The monoisotopic (exact) mass is 380 g/mol. The van der Waals surface area contributed by atoms with E-state index in [0.717, 1.165) is 29.7 Å². The molecule has 7 nitrogen and oxygen atoms in total. The van der Waals surface area contributed by atoms with Gasteiger partial charge in [0.25, 0.3) is 0 Å². The number of carbonyl (C=O) groups excluding carboxylic acids is 2. The normalized spacial score (nSPS) is 20.8. The first kappa shape index (κ1) is 18.3. The number of rotatable bonds is 3. The molecule has 2 N–H and O–H groups in total. The van der Waals surface area contributed by atoms with Gasteiger partial charge in [-0.25, -0.2) is 9.78 Å². The summed E-state index contributed by atoms with van der Waals surface area (Å²) in [7, 11) is 0. The predicted molar refractivity (Wildman–Crippen MR) is 105 cm³/mol. The summed E-state index contributed by atoms with van der Waals surface area (Å²) in [6.07, 6.45) is 3.21. The maximum atomic E-state index is 12.8. The van der Waals surface area contributed by atoms with Crippen LogP contribution >= 0.6 is 0 Å². The van der Waals surface area contributed by atoms with Crippen LogP contribution in [-0.2, 0) is 4.79 Å². The van der Waals surface area contributed by atoms with Crippen LogP contribution in [0.3, 0.4) is 0 Å². The third kappa shape index (κ3) is 3.78. The Bertz CT molecular complexity index is 885. The van der Waals surface area contributed by atoms with Crippen molar-refractivity contribution in [3.8, 4) is 5.75 Å². The number of para-hydroxylation sites is 1. The molecule has 0 bridgehead atoms. The second-order valence-electron chi connectivity index (χ2n) is 7.29. The van der Waals surface area contributed by atoms with Gasteiger partial charge < -0.3 is 20.3 Å². The number of nitrogens with one attached hydrogen (secondary N) is 2. The van der Waals surface area contributed by atoms with Gasteiger partial charge in [-0.2, -0.15) is 0 Å². The lowest BCUT2D eigenvalue weighted by Crippen LogP contribution is -2.48. The molecule has 1 aromatic carbocycles. The van der Waals surface area contributed by atoms with Gasteiger partial charge in [0.1, 0.15) is 18.2 Å². The second kappa shape index (κ2) is 7.88. The van der Waals surface area contributed by atoms with Crippen LogP contribution in [0, 0.1) is 12.8 Å². The van der Waals surface area contributed by atoms with Gasteiger partial charge in [-0.3, -0.25) is 4.79 Å². The molecule has 0 unspecified atom stereocenters. The Morgan fingerprint density at radius 1 is 1.21 bits per heavy atom. The Balaban J connectivity index is 1.36. The highest BCUT2D eigenvalue weighted by Gasteiger charge is 2.31. The van der Waals surface area contributed by atoms with E-state index in [9.17, 15) is 9.59 Å². The van der Waals surface area contributed by atoms with Gasteiger partial charge in [-0.15, -0.1) is 0 Å². The van der Waals surface area contributed by atoms with Gasteiger partial charge in [0.05, 0.1) is 12.0 Å². The summed E-state index contributed by atoms with van der Waals surface area (Å²) in [5.74, 6) is 1.06. The van der Waals surface area contributed by atoms with Crippen LogP contribution in [0.2, 0.25) is 0 Å². The van der Waals surface area contributed by atoms with Gasteiger partial charge in [-0.1, -0.05) is 24.3 Å². The van der Waals surface area contributed by atoms with Crippen molar-refractivity contribution in [2.24, 2.45) is 5.92 Å². The lowest BCUT2D eigenvalue weighted by Gasteiger charge is -2.32. The number of likely N-dealkylation sites (tertiary alicyclic amines) is 1. The Kier molecular flexibility index (Phi) is 5.14. The average molecular weight is 380 g/mol. The predicted octanol–water partition coefficient (Wildman–Crippen LogP) is 2.88. The molecule has 1 fully saturated rings. The summed E-state index contributed by atoms with van der Waals surface area (Å²) in [5, 5.41) is 5.94. The molecule has 7 heteroatoms. The number of pyridine rings is 1. The lowest BCUT2D eigenvalue weighted by molar-refractivity contribution is -0.121. The molecular formula is C21H24N4O3. The van der Waals surface area contributed by atoms with Crippen LogP contribution in [0.4, 0.5) is 10.6 Å². The van der Waals surface area contributed by atoms with E-state index in [4.69, 9.17) is 4.74 Å². The molecule has 2 aliphatic rings. The van der Waals surface area contributed by atoms with Crippen molar-refractivity contribution in [1.29, 1.82) is 0 Å². The largest absolute Gasteiger partial charge is 0.491 e. The molecule has 146 valence electrons. The fourth-order valence-electron chi connectivity index (χ4n) is 3.73. The van der Waals surface area contributed by atoms with Crippen LogP contribution in [-0.4, -0.2) is 41.5 Å². The first-order chi connectivity index (χ1) is 13.6. The highest BCUT2D eigenvalue weighted by Crippen LogP contribution is 2.32. The molecule has 2 aromatic rings. The van der Waals surface area contributed by atoms with E-state index >= 15 is 0 Å². The molecule has 1 saturated heterocycles. The highest BCUT2D eigenvalue weighted by molar-refractivity contribution is 5.92. The zero-order valence-corrected chi connectivity index (χ0v) is 15.9. The van der Waals surface area contributed by atoms with Gasteiger partial charge in [-0.05, 0) is 37.5 Å². The van der Waals surface area contributed by atoms with Crippen LogP contribution in [0.25, 0.3) is 0 Å². The van der Waals surface area contributed by atoms with Crippen LogP contribution < -0.4 is 15.4 Å². The molecular weight excluding hydrogens is 356 g/mol. The molecule has 3 heterocycles. The van der Waals surface area contributed by atoms with Crippen LogP contribution in [0.5, 0.6) is 5.75 Å². The Labute approximate surface area is 164 Å². The summed E-state index contributed by atoms with van der Waals surface area (Å²) < 4.78 is 5.63. The third-order valence-electron chi connectivity index (χ3n) is 5.33. The summed E-state index contributed by atoms with van der Waals surface area (Å²) in [4.78, 5) is 31.4. The SMILES string of the molecule is Cc1cccnc1NC(=O)[C@@H]1CCCN(C(=O)N[C@@H]2COc3ccccc32)C1. The quantitative estimate of drug-likeness (QED) is 0.858. The molecule has 2 atom stereocenters. The molecule has 0 aliphatic carbocycles. The summed E-state index contributed by atoms with van der Waals surface area (Å²) in [6, 6.07) is 11.2. The van der Waals surface area contributed by atoms with Crippen molar-refractivity contribution >= 4 is 17.8 Å². The molecule has 4 rings (SSSR count). The number of hydrogen-bond donors (Lipinski definition) is 2. The maximum absolute atomic E-state index is 12.8. The van der Waals surface area contributed by atoms with Crippen molar-refractivity contribution in [1.82, 2.24) is 15.2 Å². The number of aromatic nitrogens is 1. The van der Waals surface area contributed by atoms with Crippen LogP contribution in [0.15, 0.2) is 42.6 Å². The Morgan fingerprint density at radius 2 is 2.07 bits per heavy atom. The first-order valence-corrected chi connectivity index (χ1v) is 9.61. The van der Waals surface area contributed by atoms with Crippen molar-refractivity contribution in [2.75, 3.05) is 25.0 Å². The minimum atomic E-state index is -0.243. The van der Waals surface area contributed by atoms with E-state index in [1.54, 1.807) is 11.1 Å². The molecule has 0 spiro atoms. The van der Waals surface area contributed by atoms with Gasteiger partial charge >= 0.3 is 6.03 Å². The van der Waals surface area contributed by atoms with E-state index in [1.165, 1.54) is 0 Å². The smallest absolute Gasteiger partial charge is 0.318 e. The average Bonchev–Trinajstić information content (AvgIpc) is 3.13. The molecule has 3 amide bonds. The fourth-order valence-corrected chi connectivity index (χ4v) is 3.73. The Hall–Kier alpha value is -3.09. The molecule has 0 saturated carbocycles. The minimum Gasteiger partial charge on any atom is -0.491 e. The van der Waals surface area contributed by atoms with E-state index in [2.05, 4.69) is 15.6 Å². The number of piperidine rings is 1. The van der Waals surface area contributed by atoms with Gasteiger partial charge in [0.15, 0.2) is 0 Å². The first-order valence-electron chi connectivity index (χ1n) is 9.61. The van der Waals surface area contributed by atoms with Gasteiger partial charge in [0, 0.05) is 24.8 Å². The van der Waals surface area contributed by atoms with Gasteiger partial charge in [0.2, 0.25) is 5.91 Å². The van der Waals surface area contributed by atoms with Crippen molar-refractivity contribution in [2.45, 2.75) is 25.8 Å². The van der Waals surface area contributed by atoms with Crippen LogP contribution in [0.1, 0.15) is 30.0 Å². The number of urea groups is 1. The molecule has 0 radical (unpaired) electrons. The summed E-state index contributed by atoms with van der Waals surface area (Å²) in [6.45, 7) is 3.39. The number of carbonyl (C=O) groups is 2. The van der Waals surface area contributed by atoms with Crippen molar-refractivity contribution in [3.63, 3.8) is 0 Å². The topological polar surface area (TPSA) is 83.6 Å². The number of amides is 3. The lowest BCUT2D eigenvalue weighted by atomic mass is 9.97. The zero-order chi connectivity index (χ0) is 19.5. The number of hydrogen-bond acceptors (Lipinski definition) is 4. The number of benzene rings is 1. The zero-order valence-electron chi connectivity index (χ0n) is 15.9. The van der Waals surface area contributed by atoms with E-state index in [0.29, 0.717) is 25.5 Å². The van der Waals surface area contributed by atoms with E-state index < -0.39 is 0 Å². The standard InChI is InChI=1S/C21H24N4O3/c1-14-6-4-10-22-19(14)24-20(26)15-7-5-11-25(12-15)21(27)23-17-13-28-18-9-3-2-8-16(17)18/h2-4,6,8-10,15,17H,5,7,11-13H2,1H3,(H,23,27)(H,22,24,26)/t15-,17-/m1/s1. The number of nitrogens with zero attached hydrogens (tertiary/aromatic N) is 2. The summed E-state index contributed by atoms with van der Waals surface area (Å²) >= 11 is 0. The molecule has 2 aliphatic heterocycles. The number of ether oxygens (including phenoxy) is 1. The summed E-state index contributed by atoms with van der Waals surface area (Å²) in [5.41, 5.74) is 1.91. The molecule has 28 heavy (non-hydrogen) atoms. The number of anilines is 1. The fraction of sp³-hybridized carbons (Fsp3) is 0.381. The van der Waals surface area contributed by atoms with Crippen molar-refractivity contribution < 1.29 is 14.3 Å². The maximum Gasteiger partial charge on any atom is 0.318 e. The number of aryl methyl sites for hydroxylation is 1. The third-order valence-corrected chi connectivity index (χ3v) is 5.33. The minimum absolute atomic E-state index is 0.0890. The number of fused-ring (bicyclic) bond motifs is 1.